The molecule has 3 nitrogen and oxygen atoms in total. The number of benzene rings is 1. The second-order valence-corrected chi connectivity index (χ2v) is 6.07. The molecule has 0 bridgehead atoms. The predicted molar refractivity (Wildman–Crippen MR) is 86.5 cm³/mol. The van der Waals surface area contributed by atoms with Gasteiger partial charge in [-0.15, -0.1) is 0 Å². The summed E-state index contributed by atoms with van der Waals surface area (Å²) in [5.74, 6) is 0. The van der Waals surface area contributed by atoms with E-state index >= 15 is 0 Å². The molecule has 7 heteroatoms. The maximum absolute atomic E-state index is 11.4. The topological polar surface area (TPSA) is 51.2 Å². The van der Waals surface area contributed by atoms with Gasteiger partial charge in [0, 0.05) is 83.9 Å². The molecule has 0 aliphatic carbocycles. The summed E-state index contributed by atoms with van der Waals surface area (Å²) in [4.78, 5) is 34.2. The van der Waals surface area contributed by atoms with Gasteiger partial charge in [-0.1, -0.05) is 11.6 Å². The Labute approximate surface area is 137 Å². The number of hydrogen-bond donors (Lipinski definition) is 0. The zero-order valence-electron chi connectivity index (χ0n) is 7.39. The third-order valence-corrected chi connectivity index (χ3v) is 3.64. The van der Waals surface area contributed by atoms with Crippen molar-refractivity contribution in [3.8, 4) is 0 Å². The first-order valence-electron chi connectivity index (χ1n) is 3.77. The summed E-state index contributed by atoms with van der Waals surface area (Å²) in [6.45, 7) is 0. The van der Waals surface area contributed by atoms with E-state index in [0.717, 1.165) is 0 Å². The lowest BCUT2D eigenvalue weighted by molar-refractivity contribution is 0.106. The Balaban J connectivity index is 3.67. The molecule has 0 aromatic heterocycles. The Hall–Kier alpha value is 0.710. The first kappa shape index (κ1) is 14.8. The summed E-state index contributed by atoms with van der Waals surface area (Å²) in [5.41, 5.74) is 0.476. The Bertz CT molecular complexity index is 464. The van der Waals surface area contributed by atoms with Crippen LogP contribution in [0.2, 0.25) is 5.02 Å². The first-order chi connectivity index (χ1) is 7.34. The minimum Gasteiger partial charge on any atom is -0.282 e. The molecule has 1 aromatic rings. The molecule has 0 heterocycles. The summed E-state index contributed by atoms with van der Waals surface area (Å²) < 4.78 is -0.993. The van der Waals surface area contributed by atoms with E-state index in [0.29, 0.717) is 0 Å². The van der Waals surface area contributed by atoms with Crippen LogP contribution in [0.25, 0.3) is 0 Å². The lowest BCUT2D eigenvalue weighted by Gasteiger charge is -2.07. The fourth-order valence-electron chi connectivity index (χ4n) is 1.13. The SMILES string of the molecule is O=C(I)c1cc(Cl)cc(C(=O)I)c1C(=O)I. The zero-order valence-corrected chi connectivity index (χ0v) is 14.6. The smallest absolute Gasteiger partial charge is 0.223 e. The normalized spacial score (nSPS) is 10.0. The number of carbonyl (C=O) groups excluding carboxylic acids is 3. The van der Waals surface area contributed by atoms with Gasteiger partial charge in [0.25, 0.3) is 0 Å². The van der Waals surface area contributed by atoms with Crippen LogP contribution in [-0.2, 0) is 0 Å². The number of halogens is 4. The molecule has 1 aromatic carbocycles. The van der Waals surface area contributed by atoms with Crippen molar-refractivity contribution in [3.63, 3.8) is 0 Å². The second-order valence-electron chi connectivity index (χ2n) is 2.70. The van der Waals surface area contributed by atoms with Gasteiger partial charge >= 0.3 is 0 Å². The zero-order chi connectivity index (χ0) is 12.5. The fourth-order valence-corrected chi connectivity index (χ4v) is 2.78. The molecule has 0 saturated heterocycles. The molecule has 0 N–H and O–H groups in total. The summed E-state index contributed by atoms with van der Waals surface area (Å²) >= 11 is 10.4. The van der Waals surface area contributed by atoms with Crippen molar-refractivity contribution in [2.75, 3.05) is 0 Å². The van der Waals surface area contributed by atoms with Crippen molar-refractivity contribution in [2.45, 2.75) is 0 Å². The highest BCUT2D eigenvalue weighted by molar-refractivity contribution is 14.1. The molecule has 0 saturated carbocycles. The van der Waals surface area contributed by atoms with Gasteiger partial charge in [0.05, 0.1) is 5.56 Å². The van der Waals surface area contributed by atoms with Crippen LogP contribution >= 0.6 is 79.4 Å². The summed E-state index contributed by atoms with van der Waals surface area (Å²) in [7, 11) is 0. The van der Waals surface area contributed by atoms with Crippen molar-refractivity contribution >= 4 is 90.7 Å². The molecule has 16 heavy (non-hydrogen) atoms. The van der Waals surface area contributed by atoms with Gasteiger partial charge < -0.3 is 0 Å². The van der Waals surface area contributed by atoms with Gasteiger partial charge in [-0.3, -0.25) is 14.4 Å². The summed E-state index contributed by atoms with van der Waals surface area (Å²) in [6, 6.07) is 2.79. The van der Waals surface area contributed by atoms with E-state index in [1.807, 2.05) is 0 Å². The third kappa shape index (κ3) is 3.35. The van der Waals surface area contributed by atoms with Crippen LogP contribution in [0.15, 0.2) is 12.1 Å². The van der Waals surface area contributed by atoms with E-state index in [-0.39, 0.29) is 33.1 Å². The molecule has 84 valence electrons. The van der Waals surface area contributed by atoms with Gasteiger partial charge in [0.2, 0.25) is 11.4 Å². The predicted octanol–water partition coefficient (Wildman–Crippen LogP) is 4.07. The molecule has 0 amide bonds. The van der Waals surface area contributed by atoms with Crippen LogP contribution in [0.3, 0.4) is 0 Å². The molecule has 1 rings (SSSR count). The molecule has 0 aliphatic heterocycles. The second kappa shape index (κ2) is 6.05. The lowest BCUT2D eigenvalue weighted by atomic mass is 10.0. The first-order valence-corrected chi connectivity index (χ1v) is 7.39. The molecule has 0 aliphatic rings. The number of rotatable bonds is 3. The average molecular weight is 574 g/mol. The Morgan fingerprint density at radius 1 is 0.875 bits per heavy atom. The Kier molecular flexibility index (Phi) is 5.58. The minimum absolute atomic E-state index is 0.129. The van der Waals surface area contributed by atoms with Crippen molar-refractivity contribution in [1.29, 1.82) is 0 Å². The van der Waals surface area contributed by atoms with Gasteiger partial charge in [-0.2, -0.15) is 0 Å². The van der Waals surface area contributed by atoms with Crippen LogP contribution in [0.5, 0.6) is 0 Å². The molecule has 0 radical (unpaired) electrons. The largest absolute Gasteiger partial charge is 0.282 e. The third-order valence-electron chi connectivity index (χ3n) is 1.72. The molecular formula is C9H2ClI3O3. The molecule has 0 atom stereocenters. The average Bonchev–Trinajstić information content (AvgIpc) is 2.15. The Morgan fingerprint density at radius 3 is 1.50 bits per heavy atom. The van der Waals surface area contributed by atoms with Crippen LogP contribution in [0, 0.1) is 0 Å². The minimum atomic E-state index is -0.353. The standard InChI is InChI=1S/C9H2ClI3O3/c10-3-1-4(7(11)14)6(9(13)16)5(2-3)8(12)15/h1-2H. The summed E-state index contributed by atoms with van der Waals surface area (Å²) in [5, 5.41) is 0.265. The van der Waals surface area contributed by atoms with Crippen molar-refractivity contribution in [3.05, 3.63) is 33.8 Å². The van der Waals surface area contributed by atoms with Crippen molar-refractivity contribution in [2.24, 2.45) is 0 Å². The quantitative estimate of drug-likeness (QED) is 0.405. The maximum atomic E-state index is 11.4. The van der Waals surface area contributed by atoms with E-state index in [1.54, 1.807) is 67.8 Å². The Morgan fingerprint density at radius 2 is 1.25 bits per heavy atom. The molecule has 0 unspecified atom stereocenters. The highest BCUT2D eigenvalue weighted by Gasteiger charge is 2.21. The van der Waals surface area contributed by atoms with Crippen LogP contribution in [0.1, 0.15) is 31.1 Å². The van der Waals surface area contributed by atoms with E-state index in [2.05, 4.69) is 0 Å². The summed E-state index contributed by atoms with van der Waals surface area (Å²) in [6.07, 6.45) is 0. The van der Waals surface area contributed by atoms with Gasteiger partial charge in [0.15, 0.2) is 0 Å². The van der Waals surface area contributed by atoms with Crippen LogP contribution in [0.4, 0.5) is 0 Å². The molecule has 0 fully saturated rings. The van der Waals surface area contributed by atoms with Crippen molar-refractivity contribution < 1.29 is 14.4 Å². The van der Waals surface area contributed by atoms with E-state index in [9.17, 15) is 14.4 Å². The van der Waals surface area contributed by atoms with E-state index in [4.69, 9.17) is 11.6 Å². The van der Waals surface area contributed by atoms with E-state index < -0.39 is 0 Å². The van der Waals surface area contributed by atoms with Crippen LogP contribution < -0.4 is 0 Å². The monoisotopic (exact) mass is 574 g/mol. The van der Waals surface area contributed by atoms with Crippen molar-refractivity contribution in [1.82, 2.24) is 0 Å². The molecule has 0 spiro atoms. The van der Waals surface area contributed by atoms with Gasteiger partial charge in [0.1, 0.15) is 0 Å². The molecular weight excluding hydrogens is 572 g/mol. The highest BCUT2D eigenvalue weighted by atomic mass is 127. The highest BCUT2D eigenvalue weighted by Crippen LogP contribution is 2.27. The van der Waals surface area contributed by atoms with Crippen LogP contribution in [-0.4, -0.2) is 11.4 Å². The number of carbonyl (C=O) groups is 3. The maximum Gasteiger partial charge on any atom is 0.223 e. The van der Waals surface area contributed by atoms with Gasteiger partial charge in [-0.05, 0) is 12.1 Å². The van der Waals surface area contributed by atoms with Gasteiger partial charge in [-0.25, -0.2) is 0 Å². The fraction of sp³-hybridized carbons (Fsp3) is 0. The van der Waals surface area contributed by atoms with E-state index in [1.165, 1.54) is 12.1 Å². The number of hydrogen-bond acceptors (Lipinski definition) is 3. The lowest BCUT2D eigenvalue weighted by Crippen LogP contribution is -2.07.